The predicted octanol–water partition coefficient (Wildman–Crippen LogP) is 0.337. The van der Waals surface area contributed by atoms with Crippen molar-refractivity contribution in [2.45, 2.75) is 25.0 Å². The molecule has 1 aliphatic carbocycles. The van der Waals surface area contributed by atoms with Crippen LogP contribution in [-0.4, -0.2) is 25.3 Å². The molecular weight excluding hydrogens is 132 g/mol. The van der Waals surface area contributed by atoms with E-state index in [1.54, 1.807) is 0 Å². The Bertz CT molecular complexity index is 156. The number of epoxide rings is 1. The monoisotopic (exact) mass is 142 g/mol. The van der Waals surface area contributed by atoms with Gasteiger partial charge in [-0.25, -0.2) is 0 Å². The zero-order valence-corrected chi connectivity index (χ0v) is 5.87. The zero-order valence-electron chi connectivity index (χ0n) is 5.87. The summed E-state index contributed by atoms with van der Waals surface area (Å²) in [7, 11) is 1.44. The molecule has 3 heteroatoms. The van der Waals surface area contributed by atoms with Crippen LogP contribution < -0.4 is 0 Å². The Morgan fingerprint density at radius 3 is 2.60 bits per heavy atom. The first-order valence-electron chi connectivity index (χ1n) is 3.54. The molecule has 0 aromatic carbocycles. The summed E-state index contributed by atoms with van der Waals surface area (Å²) in [4.78, 5) is 10.9. The molecule has 0 N–H and O–H groups in total. The largest absolute Gasteiger partial charge is 0.469 e. The van der Waals surface area contributed by atoms with E-state index in [1.165, 1.54) is 7.11 Å². The van der Waals surface area contributed by atoms with E-state index in [2.05, 4.69) is 4.74 Å². The van der Waals surface area contributed by atoms with Crippen LogP contribution in [-0.2, 0) is 14.3 Å². The van der Waals surface area contributed by atoms with E-state index in [4.69, 9.17) is 4.74 Å². The molecule has 0 aromatic rings. The van der Waals surface area contributed by atoms with Gasteiger partial charge in [0, 0.05) is 0 Å². The average Bonchev–Trinajstić information content (AvgIpc) is 2.57. The van der Waals surface area contributed by atoms with Crippen LogP contribution in [0.1, 0.15) is 12.8 Å². The molecule has 3 nitrogen and oxygen atoms in total. The van der Waals surface area contributed by atoms with Crippen LogP contribution in [0, 0.1) is 5.92 Å². The summed E-state index contributed by atoms with van der Waals surface area (Å²) in [5.41, 5.74) is 0. The molecule has 10 heavy (non-hydrogen) atoms. The first-order valence-corrected chi connectivity index (χ1v) is 3.54. The standard InChI is InChI=1S/C7H10O3/c1-9-7(8)4-2-5-6(3-4)10-5/h4-6H,2-3H2,1H3/t5-,6-/m1/s1. The second kappa shape index (κ2) is 1.95. The van der Waals surface area contributed by atoms with E-state index in [0.717, 1.165) is 12.8 Å². The minimum atomic E-state index is -0.0733. The highest BCUT2D eigenvalue weighted by atomic mass is 16.6. The van der Waals surface area contributed by atoms with E-state index in [0.29, 0.717) is 12.2 Å². The number of ether oxygens (including phenoxy) is 2. The third-order valence-corrected chi connectivity index (χ3v) is 2.26. The summed E-state index contributed by atoms with van der Waals surface area (Å²) < 4.78 is 9.78. The molecule has 0 unspecified atom stereocenters. The Kier molecular flexibility index (Phi) is 1.20. The molecular formula is C7H10O3. The lowest BCUT2D eigenvalue weighted by Gasteiger charge is -2.06. The van der Waals surface area contributed by atoms with Crippen LogP contribution in [0.4, 0.5) is 0 Å². The van der Waals surface area contributed by atoms with Gasteiger partial charge >= 0.3 is 5.97 Å². The number of hydrogen-bond acceptors (Lipinski definition) is 3. The number of esters is 1. The third-order valence-electron chi connectivity index (χ3n) is 2.26. The van der Waals surface area contributed by atoms with Crippen molar-refractivity contribution in [1.29, 1.82) is 0 Å². The molecule has 0 spiro atoms. The lowest BCUT2D eigenvalue weighted by atomic mass is 10.1. The van der Waals surface area contributed by atoms with Gasteiger partial charge in [-0.15, -0.1) is 0 Å². The summed E-state index contributed by atoms with van der Waals surface area (Å²) in [5.74, 6) is 0.0459. The molecule has 0 bridgehead atoms. The topological polar surface area (TPSA) is 38.8 Å². The minimum absolute atomic E-state index is 0.0733. The third kappa shape index (κ3) is 0.814. The maximum Gasteiger partial charge on any atom is 0.308 e. The van der Waals surface area contributed by atoms with Crippen molar-refractivity contribution in [1.82, 2.24) is 0 Å². The van der Waals surface area contributed by atoms with Crippen LogP contribution >= 0.6 is 0 Å². The van der Waals surface area contributed by atoms with Gasteiger partial charge in [0.2, 0.25) is 0 Å². The highest BCUT2D eigenvalue weighted by Crippen LogP contribution is 2.42. The predicted molar refractivity (Wildman–Crippen MR) is 33.4 cm³/mol. The molecule has 2 rings (SSSR count). The van der Waals surface area contributed by atoms with Crippen molar-refractivity contribution in [3.63, 3.8) is 0 Å². The van der Waals surface area contributed by atoms with Crippen molar-refractivity contribution in [3.8, 4) is 0 Å². The normalized spacial score (nSPS) is 37.3. The van der Waals surface area contributed by atoms with Crippen LogP contribution in [0.3, 0.4) is 0 Å². The lowest BCUT2D eigenvalue weighted by molar-refractivity contribution is -0.146. The molecule has 56 valence electrons. The van der Waals surface area contributed by atoms with Gasteiger partial charge < -0.3 is 9.47 Å². The minimum Gasteiger partial charge on any atom is -0.469 e. The Balaban J connectivity index is 1.90. The second-order valence-corrected chi connectivity index (χ2v) is 2.90. The van der Waals surface area contributed by atoms with Crippen molar-refractivity contribution in [2.24, 2.45) is 5.92 Å². The summed E-state index contributed by atoms with van der Waals surface area (Å²) in [6.45, 7) is 0. The summed E-state index contributed by atoms with van der Waals surface area (Å²) in [6.07, 6.45) is 2.50. The number of carbonyl (C=O) groups excluding carboxylic acids is 1. The second-order valence-electron chi connectivity index (χ2n) is 2.90. The molecule has 0 radical (unpaired) electrons. The first-order chi connectivity index (χ1) is 4.81. The fourth-order valence-corrected chi connectivity index (χ4v) is 1.61. The molecule has 1 aliphatic heterocycles. The molecule has 2 fully saturated rings. The SMILES string of the molecule is COC(=O)C1C[C@H]2O[C@@H]2C1. The number of methoxy groups -OCH3 is 1. The zero-order chi connectivity index (χ0) is 7.14. The van der Waals surface area contributed by atoms with E-state index in [9.17, 15) is 4.79 Å². The lowest BCUT2D eigenvalue weighted by Crippen LogP contribution is -2.14. The molecule has 2 atom stereocenters. The Hall–Kier alpha value is -0.570. The summed E-state index contributed by atoms with van der Waals surface area (Å²) in [6, 6.07) is 0. The van der Waals surface area contributed by atoms with Gasteiger partial charge in [0.15, 0.2) is 0 Å². The van der Waals surface area contributed by atoms with Crippen LogP contribution in [0.5, 0.6) is 0 Å². The molecule has 2 aliphatic rings. The number of fused-ring (bicyclic) bond motifs is 1. The Labute approximate surface area is 59.3 Å². The van der Waals surface area contributed by atoms with Gasteiger partial charge in [-0.1, -0.05) is 0 Å². The van der Waals surface area contributed by atoms with Crippen LogP contribution in [0.15, 0.2) is 0 Å². The van der Waals surface area contributed by atoms with Gasteiger partial charge in [-0.3, -0.25) is 4.79 Å². The summed E-state index contributed by atoms with van der Waals surface area (Å²) in [5, 5.41) is 0. The van der Waals surface area contributed by atoms with Gasteiger partial charge in [0.25, 0.3) is 0 Å². The average molecular weight is 142 g/mol. The van der Waals surface area contributed by atoms with Gasteiger partial charge in [-0.2, -0.15) is 0 Å². The Morgan fingerprint density at radius 2 is 2.10 bits per heavy atom. The van der Waals surface area contributed by atoms with Crippen molar-refractivity contribution in [2.75, 3.05) is 7.11 Å². The van der Waals surface area contributed by atoms with Gasteiger partial charge in [-0.05, 0) is 12.8 Å². The quantitative estimate of drug-likeness (QED) is 0.391. The van der Waals surface area contributed by atoms with E-state index in [-0.39, 0.29) is 11.9 Å². The molecule has 0 aromatic heterocycles. The maximum atomic E-state index is 10.9. The Morgan fingerprint density at radius 1 is 1.50 bits per heavy atom. The van der Waals surface area contributed by atoms with E-state index < -0.39 is 0 Å². The van der Waals surface area contributed by atoms with Gasteiger partial charge in [0.1, 0.15) is 0 Å². The fraction of sp³-hybridized carbons (Fsp3) is 0.857. The van der Waals surface area contributed by atoms with Crippen molar-refractivity contribution >= 4 is 5.97 Å². The maximum absolute atomic E-state index is 10.9. The first kappa shape index (κ1) is 6.16. The number of hydrogen-bond donors (Lipinski definition) is 0. The number of carbonyl (C=O) groups is 1. The van der Waals surface area contributed by atoms with Crippen molar-refractivity contribution < 1.29 is 14.3 Å². The summed E-state index contributed by atoms with van der Waals surface area (Å²) >= 11 is 0. The van der Waals surface area contributed by atoms with Crippen LogP contribution in [0.25, 0.3) is 0 Å². The molecule has 1 saturated heterocycles. The molecule has 1 saturated carbocycles. The smallest absolute Gasteiger partial charge is 0.308 e. The van der Waals surface area contributed by atoms with Crippen molar-refractivity contribution in [3.05, 3.63) is 0 Å². The highest BCUT2D eigenvalue weighted by molar-refractivity contribution is 5.73. The fourth-order valence-electron chi connectivity index (χ4n) is 1.61. The van der Waals surface area contributed by atoms with E-state index >= 15 is 0 Å². The highest BCUT2D eigenvalue weighted by Gasteiger charge is 2.50. The molecule has 0 amide bonds. The molecule has 1 heterocycles. The number of rotatable bonds is 1. The van der Waals surface area contributed by atoms with Crippen LogP contribution in [0.2, 0.25) is 0 Å². The van der Waals surface area contributed by atoms with Gasteiger partial charge in [0.05, 0.1) is 25.2 Å². The van der Waals surface area contributed by atoms with E-state index in [1.807, 2.05) is 0 Å².